The van der Waals surface area contributed by atoms with E-state index in [1.54, 1.807) is 111 Å². The minimum absolute atomic E-state index is 0.0127. The standard InChI is InChI=1S/C11H23O6P.C8H19O4P.C3H5ClO2.C3H7O6P.C3H8O.C2H6O/c1-8-14-9(12)15-18(13,16-10(2,3)4)17-11(5,6)7;1-7(2,3)11-13(9,10)12-8(4,5)6;1-2-6-3(4)5;1-2-8-3(4)9-10(5,6)7;1-3-4-2;1-2-3/h8H2,1-7H3;1-6H3,(H,9,10);2H2,1H3;2H2,1H3,(H2,5,6,7);3H2,1-2H3;3H,2H2,1H3. The van der Waals surface area contributed by atoms with Crippen LogP contribution in [0.5, 0.6) is 0 Å². The predicted octanol–water partition coefficient (Wildman–Crippen LogP) is 8.90. The Morgan fingerprint density at radius 2 is 0.796 bits per heavy atom. The third-order valence-electron chi connectivity index (χ3n) is 3.00. The monoisotopic (exact) mass is 876 g/mol. The van der Waals surface area contributed by atoms with Crippen molar-refractivity contribution < 1.29 is 94.0 Å². The van der Waals surface area contributed by atoms with Crippen LogP contribution in [0.1, 0.15) is 118 Å². The Morgan fingerprint density at radius 3 is 0.963 bits per heavy atom. The van der Waals surface area contributed by atoms with Gasteiger partial charge in [-0.1, -0.05) is 0 Å². The molecule has 24 heteroatoms. The zero-order chi connectivity index (χ0) is 44.8. The fraction of sp³-hybridized carbons (Fsp3) is 0.900. The lowest BCUT2D eigenvalue weighted by molar-refractivity contribution is 0.00241. The lowest BCUT2D eigenvalue weighted by atomic mass is 10.2. The summed E-state index contributed by atoms with van der Waals surface area (Å²) in [5, 5.41) is 7.57. The molecule has 0 saturated carbocycles. The van der Waals surface area contributed by atoms with E-state index in [0.29, 0.717) is 6.61 Å². The third kappa shape index (κ3) is 68.6. The fourth-order valence-corrected chi connectivity index (χ4v) is 5.49. The van der Waals surface area contributed by atoms with Crippen molar-refractivity contribution in [1.29, 1.82) is 0 Å². The molecule has 0 rings (SSSR count). The van der Waals surface area contributed by atoms with E-state index in [1.807, 2.05) is 6.92 Å². The molecule has 0 bridgehead atoms. The maximum Gasteiger partial charge on any atom is 0.535 e. The molecule has 0 aliphatic heterocycles. The second-order valence-corrected chi connectivity index (χ2v) is 17.6. The zero-order valence-electron chi connectivity index (χ0n) is 35.1. The molecule has 0 aromatic carbocycles. The number of aliphatic hydroxyl groups excluding tert-OH is 1. The van der Waals surface area contributed by atoms with Crippen molar-refractivity contribution in [2.45, 2.75) is 140 Å². The summed E-state index contributed by atoms with van der Waals surface area (Å²) in [6.45, 7) is 30.2. The van der Waals surface area contributed by atoms with Gasteiger partial charge in [-0.25, -0.2) is 28.1 Å². The summed E-state index contributed by atoms with van der Waals surface area (Å²) in [6, 6.07) is 0. The van der Waals surface area contributed by atoms with Crippen LogP contribution < -0.4 is 0 Å². The number of carbonyl (C=O) groups excluding carboxylic acids is 3. The average Bonchev–Trinajstić information content (AvgIpc) is 2.84. The molecule has 20 nitrogen and oxygen atoms in total. The van der Waals surface area contributed by atoms with Crippen LogP contribution in [0.2, 0.25) is 0 Å². The molecule has 0 spiro atoms. The molecule has 0 amide bonds. The molecule has 0 saturated heterocycles. The van der Waals surface area contributed by atoms with Gasteiger partial charge in [0.05, 0.1) is 42.2 Å². The summed E-state index contributed by atoms with van der Waals surface area (Å²) in [7, 11) is -11.0. The Morgan fingerprint density at radius 1 is 0.537 bits per heavy atom. The molecule has 54 heavy (non-hydrogen) atoms. The van der Waals surface area contributed by atoms with Crippen LogP contribution in [0.3, 0.4) is 0 Å². The first-order chi connectivity index (χ1) is 23.8. The summed E-state index contributed by atoms with van der Waals surface area (Å²) in [5.41, 5.74) is -3.68. The second kappa shape index (κ2) is 31.7. The molecule has 0 aliphatic rings. The van der Waals surface area contributed by atoms with Crippen LogP contribution in [0.4, 0.5) is 14.4 Å². The van der Waals surface area contributed by atoms with Crippen molar-refractivity contribution in [2.24, 2.45) is 0 Å². The fourth-order valence-electron chi connectivity index (χ4n) is 2.03. The van der Waals surface area contributed by atoms with Crippen LogP contribution in [-0.2, 0) is 59.8 Å². The van der Waals surface area contributed by atoms with E-state index in [2.05, 4.69) is 28.0 Å². The highest BCUT2D eigenvalue weighted by atomic mass is 35.5. The SMILES string of the molecule is CC(C)(C)OP(=O)(O)OC(C)(C)C.CCO.CCOC.CCOC(=O)Cl.CCOC(=O)OP(=O)(O)O.CCOC(=O)OP(=O)(OC(C)(C)C)OC(C)(C)C. The molecular weight excluding hydrogens is 809 g/mol. The predicted molar refractivity (Wildman–Crippen MR) is 202 cm³/mol. The van der Waals surface area contributed by atoms with Crippen LogP contribution in [-0.4, -0.2) is 100 Å². The normalized spacial score (nSPS) is 11.7. The van der Waals surface area contributed by atoms with Gasteiger partial charge in [-0.2, -0.15) is 0 Å². The molecule has 0 aliphatic carbocycles. The van der Waals surface area contributed by atoms with Gasteiger partial charge in [-0.15, -0.1) is 0 Å². The summed E-state index contributed by atoms with van der Waals surface area (Å²) in [5.74, 6) is 0. The van der Waals surface area contributed by atoms with E-state index in [9.17, 15) is 33.0 Å². The zero-order valence-corrected chi connectivity index (χ0v) is 38.5. The highest BCUT2D eigenvalue weighted by molar-refractivity contribution is 7.49. The van der Waals surface area contributed by atoms with E-state index in [-0.39, 0.29) is 19.8 Å². The first kappa shape index (κ1) is 64.5. The van der Waals surface area contributed by atoms with Gasteiger partial charge in [-0.05, 0) is 118 Å². The first-order valence-electron chi connectivity index (χ1n) is 16.3. The molecule has 0 aromatic rings. The Kier molecular flexibility index (Phi) is 37.9. The number of rotatable bonds is 10. The quantitative estimate of drug-likeness (QED) is 0.0689. The number of methoxy groups -OCH3 is 1. The molecular formula is C30H68ClO20P3. The molecule has 0 fully saturated rings. The number of ether oxygens (including phenoxy) is 4. The first-order valence-corrected chi connectivity index (χ1v) is 21.2. The van der Waals surface area contributed by atoms with Gasteiger partial charge in [0.2, 0.25) is 0 Å². The molecule has 0 radical (unpaired) electrons. The number of hydrogen-bond donors (Lipinski definition) is 4. The van der Waals surface area contributed by atoms with Gasteiger partial charge < -0.3 is 38.0 Å². The Hall–Kier alpha value is -1.37. The van der Waals surface area contributed by atoms with Gasteiger partial charge in [0.1, 0.15) is 0 Å². The van der Waals surface area contributed by atoms with Crippen molar-refractivity contribution in [1.82, 2.24) is 0 Å². The number of hydrogen-bond acceptors (Lipinski definition) is 17. The Balaban J connectivity index is -0.000000141. The van der Waals surface area contributed by atoms with Crippen LogP contribution >= 0.6 is 35.1 Å². The average molecular weight is 877 g/mol. The Labute approximate surface area is 326 Å². The van der Waals surface area contributed by atoms with E-state index in [0.717, 1.165) is 6.61 Å². The number of aliphatic hydroxyl groups is 1. The van der Waals surface area contributed by atoms with Gasteiger partial charge in [0.15, 0.2) is 0 Å². The molecule has 0 aromatic heterocycles. The lowest BCUT2D eigenvalue weighted by Crippen LogP contribution is -2.25. The number of halogens is 1. The molecule has 4 N–H and O–H groups in total. The molecule has 330 valence electrons. The van der Waals surface area contributed by atoms with Crippen LogP contribution in [0.25, 0.3) is 0 Å². The Bertz CT molecular complexity index is 1080. The van der Waals surface area contributed by atoms with Gasteiger partial charge >= 0.3 is 41.2 Å². The van der Waals surface area contributed by atoms with Gasteiger partial charge in [0.25, 0.3) is 0 Å². The summed E-state index contributed by atoms with van der Waals surface area (Å²) in [4.78, 5) is 56.3. The second-order valence-electron chi connectivity index (χ2n) is 13.3. The highest BCUT2D eigenvalue weighted by Gasteiger charge is 2.40. The highest BCUT2D eigenvalue weighted by Crippen LogP contribution is 2.55. The van der Waals surface area contributed by atoms with Gasteiger partial charge in [0, 0.05) is 31.9 Å². The van der Waals surface area contributed by atoms with Crippen molar-refractivity contribution in [3.05, 3.63) is 0 Å². The molecule has 0 heterocycles. The lowest BCUT2D eigenvalue weighted by Gasteiger charge is -2.29. The third-order valence-corrected chi connectivity index (χ3v) is 6.97. The minimum atomic E-state index is -4.73. The number of phosphoric acid groups is 3. The maximum absolute atomic E-state index is 12.4. The summed E-state index contributed by atoms with van der Waals surface area (Å²) >= 11 is 4.72. The van der Waals surface area contributed by atoms with Crippen molar-refractivity contribution in [3.63, 3.8) is 0 Å². The largest absolute Gasteiger partial charge is 0.535 e. The van der Waals surface area contributed by atoms with E-state index in [1.165, 1.54) is 6.92 Å². The van der Waals surface area contributed by atoms with E-state index < -0.39 is 63.6 Å². The van der Waals surface area contributed by atoms with Crippen molar-refractivity contribution >= 4 is 52.8 Å². The van der Waals surface area contributed by atoms with E-state index >= 15 is 0 Å². The topological polar surface area (TPSA) is 276 Å². The maximum atomic E-state index is 12.4. The minimum Gasteiger partial charge on any atom is -0.454 e. The van der Waals surface area contributed by atoms with Crippen molar-refractivity contribution in [3.8, 4) is 0 Å². The number of carbonyl (C=O) groups is 3. The van der Waals surface area contributed by atoms with Gasteiger partial charge in [-0.3, -0.25) is 27.9 Å². The summed E-state index contributed by atoms with van der Waals surface area (Å²) in [6.07, 6.45) is -2.44. The number of phosphoric ester groups is 3. The van der Waals surface area contributed by atoms with E-state index in [4.69, 9.17) is 44.6 Å². The molecule has 0 unspecified atom stereocenters. The van der Waals surface area contributed by atoms with Crippen molar-refractivity contribution in [2.75, 3.05) is 40.1 Å². The molecule has 0 atom stereocenters. The summed E-state index contributed by atoms with van der Waals surface area (Å²) < 4.78 is 79.4. The van der Waals surface area contributed by atoms with Crippen LogP contribution in [0, 0.1) is 0 Å². The van der Waals surface area contributed by atoms with Crippen LogP contribution in [0.15, 0.2) is 0 Å². The smallest absolute Gasteiger partial charge is 0.454 e.